The molecule has 0 saturated carbocycles. The van der Waals surface area contributed by atoms with Crippen molar-refractivity contribution in [3.05, 3.63) is 36.1 Å². The van der Waals surface area contributed by atoms with Crippen LogP contribution < -0.4 is 5.32 Å². The molecule has 0 fully saturated rings. The first kappa shape index (κ1) is 10.4. The van der Waals surface area contributed by atoms with Crippen molar-refractivity contribution in [2.75, 3.05) is 5.32 Å². The second-order valence-electron chi connectivity index (χ2n) is 3.51. The average molecular weight is 219 g/mol. The van der Waals surface area contributed by atoms with Gasteiger partial charge in [0.2, 0.25) is 5.91 Å². The molecule has 16 heavy (non-hydrogen) atoms. The van der Waals surface area contributed by atoms with E-state index in [9.17, 15) is 14.3 Å². The first-order valence-electron chi connectivity index (χ1n) is 4.77. The molecule has 0 unspecified atom stereocenters. The van der Waals surface area contributed by atoms with E-state index in [-0.39, 0.29) is 17.3 Å². The number of rotatable bonds is 1. The van der Waals surface area contributed by atoms with Crippen LogP contribution in [0.5, 0.6) is 5.75 Å². The Morgan fingerprint density at radius 1 is 1.38 bits per heavy atom. The predicted octanol–water partition coefficient (Wildman–Crippen LogP) is 2.64. The van der Waals surface area contributed by atoms with Gasteiger partial charge in [0, 0.05) is 12.3 Å². The Hall–Kier alpha value is -2.10. The van der Waals surface area contributed by atoms with Crippen LogP contribution in [0, 0.1) is 5.82 Å². The number of hydrogen-bond donors (Lipinski definition) is 2. The molecule has 0 radical (unpaired) electrons. The number of fused-ring (bicyclic) bond motifs is 1. The number of carbonyl (C=O) groups excluding carboxylic acids is 1. The molecule has 0 bridgehead atoms. The molecular weight excluding hydrogens is 209 g/mol. The van der Waals surface area contributed by atoms with E-state index >= 15 is 0 Å². The zero-order chi connectivity index (χ0) is 11.7. The quantitative estimate of drug-likeness (QED) is 0.774. The number of amides is 1. The average Bonchev–Trinajstić information content (AvgIpc) is 2.15. The highest BCUT2D eigenvalue weighted by molar-refractivity contribution is 6.04. The van der Waals surface area contributed by atoms with Gasteiger partial charge in [-0.1, -0.05) is 12.1 Å². The van der Waals surface area contributed by atoms with Crippen molar-refractivity contribution < 1.29 is 14.3 Å². The third-order valence-corrected chi connectivity index (χ3v) is 2.23. The minimum atomic E-state index is -0.457. The Bertz CT molecular complexity index is 566. The Balaban J connectivity index is 2.74. The summed E-state index contributed by atoms with van der Waals surface area (Å²) in [6, 6.07) is 7.27. The van der Waals surface area contributed by atoms with Crippen molar-refractivity contribution in [2.24, 2.45) is 0 Å². The summed E-state index contributed by atoms with van der Waals surface area (Å²) in [6.07, 6.45) is 0. The fraction of sp³-hybridized carbons (Fsp3) is 0.0833. The molecule has 2 aromatic rings. The van der Waals surface area contributed by atoms with Gasteiger partial charge < -0.3 is 10.4 Å². The Labute approximate surface area is 91.5 Å². The molecule has 1 amide bonds. The van der Waals surface area contributed by atoms with Gasteiger partial charge in [0.05, 0.1) is 5.69 Å². The van der Waals surface area contributed by atoms with Gasteiger partial charge in [0.25, 0.3) is 0 Å². The zero-order valence-corrected chi connectivity index (χ0v) is 8.62. The maximum Gasteiger partial charge on any atom is 0.221 e. The number of halogens is 1. The van der Waals surface area contributed by atoms with Crippen molar-refractivity contribution in [2.45, 2.75) is 6.92 Å². The first-order chi connectivity index (χ1) is 7.58. The summed E-state index contributed by atoms with van der Waals surface area (Å²) < 4.78 is 13.2. The lowest BCUT2D eigenvalue weighted by Gasteiger charge is -2.08. The zero-order valence-electron chi connectivity index (χ0n) is 8.62. The molecule has 3 nitrogen and oxygen atoms in total. The minimum absolute atomic E-state index is 0.0150. The highest BCUT2D eigenvalue weighted by Gasteiger charge is 2.08. The number of carbonyl (C=O) groups is 1. The summed E-state index contributed by atoms with van der Waals surface area (Å²) in [4.78, 5) is 11.0. The van der Waals surface area contributed by atoms with Crippen LogP contribution in [0.1, 0.15) is 6.92 Å². The van der Waals surface area contributed by atoms with Crippen LogP contribution >= 0.6 is 0 Å². The van der Waals surface area contributed by atoms with Crippen LogP contribution in [0.25, 0.3) is 10.8 Å². The molecule has 0 atom stereocenters. The SMILES string of the molecule is CC(=O)Nc1cc(F)cc2cccc(O)c12. The smallest absolute Gasteiger partial charge is 0.221 e. The van der Waals surface area contributed by atoms with Crippen molar-refractivity contribution >= 4 is 22.4 Å². The number of aromatic hydroxyl groups is 1. The molecule has 0 aliphatic rings. The van der Waals surface area contributed by atoms with Crippen molar-refractivity contribution in [3.63, 3.8) is 0 Å². The number of phenolic OH excluding ortho intramolecular Hbond substituents is 1. The summed E-state index contributed by atoms with van der Waals surface area (Å²) >= 11 is 0. The van der Waals surface area contributed by atoms with Gasteiger partial charge in [0.1, 0.15) is 11.6 Å². The molecule has 2 rings (SSSR count). The maximum absolute atomic E-state index is 13.2. The predicted molar refractivity (Wildman–Crippen MR) is 59.9 cm³/mol. The Morgan fingerprint density at radius 2 is 2.12 bits per heavy atom. The van der Waals surface area contributed by atoms with Crippen LogP contribution in [0.2, 0.25) is 0 Å². The van der Waals surface area contributed by atoms with E-state index in [1.807, 2.05) is 0 Å². The number of anilines is 1. The molecule has 4 heteroatoms. The number of nitrogens with one attached hydrogen (secondary N) is 1. The van der Waals surface area contributed by atoms with Gasteiger partial charge in [0.15, 0.2) is 0 Å². The monoisotopic (exact) mass is 219 g/mol. The molecule has 0 heterocycles. The highest BCUT2D eigenvalue weighted by atomic mass is 19.1. The summed E-state index contributed by atoms with van der Waals surface area (Å²) in [7, 11) is 0. The summed E-state index contributed by atoms with van der Waals surface area (Å²) in [5, 5.41) is 13.2. The molecule has 82 valence electrons. The second kappa shape index (κ2) is 3.81. The van der Waals surface area contributed by atoms with Gasteiger partial charge in [-0.25, -0.2) is 4.39 Å². The molecule has 0 aromatic heterocycles. The molecule has 0 saturated heterocycles. The van der Waals surface area contributed by atoms with Crippen LogP contribution in [0.4, 0.5) is 10.1 Å². The Morgan fingerprint density at radius 3 is 2.81 bits per heavy atom. The van der Waals surface area contributed by atoms with Gasteiger partial charge in [-0.3, -0.25) is 4.79 Å². The van der Waals surface area contributed by atoms with Crippen LogP contribution in [-0.4, -0.2) is 11.0 Å². The highest BCUT2D eigenvalue weighted by Crippen LogP contribution is 2.32. The fourth-order valence-electron chi connectivity index (χ4n) is 1.66. The molecule has 0 aliphatic carbocycles. The van der Waals surface area contributed by atoms with E-state index in [0.29, 0.717) is 10.8 Å². The maximum atomic E-state index is 13.2. The largest absolute Gasteiger partial charge is 0.507 e. The fourth-order valence-corrected chi connectivity index (χ4v) is 1.66. The van der Waals surface area contributed by atoms with Crippen molar-refractivity contribution in [1.82, 2.24) is 0 Å². The summed E-state index contributed by atoms with van der Waals surface area (Å²) in [6.45, 7) is 1.33. The number of phenols is 1. The van der Waals surface area contributed by atoms with Gasteiger partial charge in [-0.05, 0) is 23.6 Å². The third kappa shape index (κ3) is 1.82. The number of benzene rings is 2. The van der Waals surface area contributed by atoms with E-state index in [2.05, 4.69) is 5.32 Å². The van der Waals surface area contributed by atoms with E-state index < -0.39 is 5.82 Å². The van der Waals surface area contributed by atoms with Crippen LogP contribution in [0.15, 0.2) is 30.3 Å². The molecule has 2 aromatic carbocycles. The summed E-state index contributed by atoms with van der Waals surface area (Å²) in [5.41, 5.74) is 0.278. The molecule has 0 aliphatic heterocycles. The van der Waals surface area contributed by atoms with Gasteiger partial charge in [-0.2, -0.15) is 0 Å². The standard InChI is InChI=1S/C12H10FNO2/c1-7(15)14-10-6-9(13)5-8-3-2-4-11(16)12(8)10/h2-6,16H,1H3,(H,14,15). The third-order valence-electron chi connectivity index (χ3n) is 2.23. The lowest BCUT2D eigenvalue weighted by atomic mass is 10.1. The first-order valence-corrected chi connectivity index (χ1v) is 4.77. The minimum Gasteiger partial charge on any atom is -0.507 e. The van der Waals surface area contributed by atoms with Crippen LogP contribution in [-0.2, 0) is 4.79 Å². The Kier molecular flexibility index (Phi) is 2.48. The summed E-state index contributed by atoms with van der Waals surface area (Å²) in [5.74, 6) is -0.752. The van der Waals surface area contributed by atoms with Gasteiger partial charge in [-0.15, -0.1) is 0 Å². The van der Waals surface area contributed by atoms with Crippen LogP contribution in [0.3, 0.4) is 0 Å². The second-order valence-corrected chi connectivity index (χ2v) is 3.51. The van der Waals surface area contributed by atoms with E-state index in [0.717, 1.165) is 0 Å². The number of hydrogen-bond acceptors (Lipinski definition) is 2. The normalized spacial score (nSPS) is 10.4. The van der Waals surface area contributed by atoms with Gasteiger partial charge >= 0.3 is 0 Å². The topological polar surface area (TPSA) is 49.3 Å². The van der Waals surface area contributed by atoms with E-state index in [1.165, 1.54) is 25.1 Å². The van der Waals surface area contributed by atoms with Crippen molar-refractivity contribution in [3.8, 4) is 5.75 Å². The molecule has 2 N–H and O–H groups in total. The van der Waals surface area contributed by atoms with Crippen molar-refractivity contribution in [1.29, 1.82) is 0 Å². The molecule has 0 spiro atoms. The molecular formula is C12H10FNO2. The van der Waals surface area contributed by atoms with E-state index in [1.54, 1.807) is 12.1 Å². The lowest BCUT2D eigenvalue weighted by molar-refractivity contribution is -0.114. The lowest BCUT2D eigenvalue weighted by Crippen LogP contribution is -2.06. The van der Waals surface area contributed by atoms with E-state index in [4.69, 9.17) is 0 Å².